The summed E-state index contributed by atoms with van der Waals surface area (Å²) in [5.41, 5.74) is 3.99. The molecule has 0 radical (unpaired) electrons. The first-order valence-electron chi connectivity index (χ1n) is 7.27. The molecule has 0 unspecified atom stereocenters. The van der Waals surface area contributed by atoms with Crippen LogP contribution >= 0.6 is 15.9 Å². The van der Waals surface area contributed by atoms with Crippen LogP contribution in [-0.2, 0) is 14.3 Å². The number of fused-ring (bicyclic) bond motifs is 2. The molecule has 1 aromatic rings. The Bertz CT molecular complexity index is 732. The van der Waals surface area contributed by atoms with E-state index < -0.39 is 41.3 Å². The SMILES string of the molecule is C[C@@]12C=C[C@@H](O1)[C@H](C(=O)O)[C@@H]2C(=O)NNC(=O)c1ccc(Br)cc1. The van der Waals surface area contributed by atoms with Gasteiger partial charge in [-0.1, -0.05) is 28.1 Å². The van der Waals surface area contributed by atoms with Crippen LogP contribution in [0, 0.1) is 11.8 Å². The van der Waals surface area contributed by atoms with E-state index >= 15 is 0 Å². The fraction of sp³-hybridized carbons (Fsp3) is 0.312. The number of hydrazine groups is 1. The lowest BCUT2D eigenvalue weighted by atomic mass is 9.76. The summed E-state index contributed by atoms with van der Waals surface area (Å²) in [5, 5.41) is 9.36. The molecule has 0 spiro atoms. The Labute approximate surface area is 146 Å². The van der Waals surface area contributed by atoms with Gasteiger partial charge in [0.2, 0.25) is 5.91 Å². The second-order valence-corrected chi connectivity index (χ2v) is 6.83. The van der Waals surface area contributed by atoms with Gasteiger partial charge in [-0.3, -0.25) is 25.2 Å². The van der Waals surface area contributed by atoms with E-state index in [1.54, 1.807) is 43.3 Å². The lowest BCUT2D eigenvalue weighted by Crippen LogP contribution is -2.52. The number of carboxylic acids is 1. The molecule has 0 aliphatic carbocycles. The minimum atomic E-state index is -1.10. The third-order valence-electron chi connectivity index (χ3n) is 4.31. The Kier molecular flexibility index (Phi) is 4.18. The maximum atomic E-state index is 12.4. The van der Waals surface area contributed by atoms with Crippen LogP contribution in [-0.4, -0.2) is 34.6 Å². The van der Waals surface area contributed by atoms with Gasteiger partial charge in [-0.15, -0.1) is 0 Å². The van der Waals surface area contributed by atoms with Crippen molar-refractivity contribution in [1.29, 1.82) is 0 Å². The normalized spacial score (nSPS) is 30.2. The third-order valence-corrected chi connectivity index (χ3v) is 4.84. The second-order valence-electron chi connectivity index (χ2n) is 5.92. The minimum Gasteiger partial charge on any atom is -0.481 e. The van der Waals surface area contributed by atoms with Crippen LogP contribution in [0.3, 0.4) is 0 Å². The van der Waals surface area contributed by atoms with Crippen LogP contribution < -0.4 is 10.9 Å². The summed E-state index contributed by atoms with van der Waals surface area (Å²) in [4.78, 5) is 35.9. The smallest absolute Gasteiger partial charge is 0.310 e. The predicted octanol–water partition coefficient (Wildman–Crippen LogP) is 1.25. The van der Waals surface area contributed by atoms with Gasteiger partial charge >= 0.3 is 5.97 Å². The average molecular weight is 395 g/mol. The highest BCUT2D eigenvalue weighted by atomic mass is 79.9. The molecule has 2 heterocycles. The van der Waals surface area contributed by atoms with Gasteiger partial charge in [0.15, 0.2) is 0 Å². The third kappa shape index (κ3) is 2.83. The highest BCUT2D eigenvalue weighted by molar-refractivity contribution is 9.10. The number of nitrogens with one attached hydrogen (secondary N) is 2. The molecular weight excluding hydrogens is 380 g/mol. The quantitative estimate of drug-likeness (QED) is 0.528. The zero-order valence-corrected chi connectivity index (χ0v) is 14.2. The molecule has 7 nitrogen and oxygen atoms in total. The van der Waals surface area contributed by atoms with Gasteiger partial charge in [0, 0.05) is 10.0 Å². The number of hydrogen-bond donors (Lipinski definition) is 3. The lowest BCUT2D eigenvalue weighted by Gasteiger charge is -2.27. The maximum Gasteiger partial charge on any atom is 0.310 e. The molecule has 24 heavy (non-hydrogen) atoms. The van der Waals surface area contributed by atoms with E-state index in [9.17, 15) is 19.5 Å². The first kappa shape index (κ1) is 16.7. The zero-order valence-electron chi connectivity index (χ0n) is 12.7. The van der Waals surface area contributed by atoms with Crippen LogP contribution in [0.4, 0.5) is 0 Å². The molecule has 2 aliphatic heterocycles. The number of hydrogen-bond acceptors (Lipinski definition) is 4. The Morgan fingerprint density at radius 3 is 2.50 bits per heavy atom. The molecule has 1 fully saturated rings. The molecule has 1 saturated heterocycles. The van der Waals surface area contributed by atoms with Crippen molar-refractivity contribution in [2.75, 3.05) is 0 Å². The van der Waals surface area contributed by atoms with Gasteiger partial charge in [-0.05, 0) is 31.2 Å². The van der Waals surface area contributed by atoms with Gasteiger partial charge in [-0.25, -0.2) is 0 Å². The molecule has 2 amide bonds. The van der Waals surface area contributed by atoms with Crippen molar-refractivity contribution in [3.05, 3.63) is 46.5 Å². The predicted molar refractivity (Wildman–Crippen MR) is 86.8 cm³/mol. The van der Waals surface area contributed by atoms with E-state index in [1.165, 1.54) is 0 Å². The first-order chi connectivity index (χ1) is 11.3. The van der Waals surface area contributed by atoms with Crippen molar-refractivity contribution >= 4 is 33.7 Å². The maximum absolute atomic E-state index is 12.4. The topological polar surface area (TPSA) is 105 Å². The monoisotopic (exact) mass is 394 g/mol. The summed E-state index contributed by atoms with van der Waals surface area (Å²) in [7, 11) is 0. The average Bonchev–Trinajstić information content (AvgIpc) is 3.06. The number of carbonyl (C=O) groups excluding carboxylic acids is 2. The zero-order chi connectivity index (χ0) is 17.5. The molecule has 0 aromatic heterocycles. The van der Waals surface area contributed by atoms with Gasteiger partial charge < -0.3 is 9.84 Å². The highest BCUT2D eigenvalue weighted by Crippen LogP contribution is 2.46. The molecule has 2 aliphatic rings. The van der Waals surface area contributed by atoms with Crippen molar-refractivity contribution in [3.63, 3.8) is 0 Å². The molecule has 3 N–H and O–H groups in total. The number of aliphatic carboxylic acids is 1. The Morgan fingerprint density at radius 2 is 1.88 bits per heavy atom. The van der Waals surface area contributed by atoms with Crippen LogP contribution in [0.5, 0.6) is 0 Å². The standard InChI is InChI=1S/C16H15BrN2O5/c1-16-7-6-10(24-16)11(15(22)23)12(16)14(21)19-18-13(20)8-2-4-9(17)5-3-8/h2-7,10-12H,1H3,(H,18,20)(H,19,21)(H,22,23)/t10-,11+,12-,16+/m1/s1. The number of carboxylic acid groups (broad SMARTS) is 1. The van der Waals surface area contributed by atoms with E-state index in [2.05, 4.69) is 26.8 Å². The first-order valence-corrected chi connectivity index (χ1v) is 8.07. The number of carbonyl (C=O) groups is 3. The Hall–Kier alpha value is -2.19. The Morgan fingerprint density at radius 1 is 1.21 bits per heavy atom. The van der Waals surface area contributed by atoms with E-state index in [0.29, 0.717) is 5.56 Å². The van der Waals surface area contributed by atoms with Crippen molar-refractivity contribution in [3.8, 4) is 0 Å². The van der Waals surface area contributed by atoms with E-state index in [1.807, 2.05) is 0 Å². The van der Waals surface area contributed by atoms with E-state index in [4.69, 9.17) is 4.74 Å². The number of rotatable bonds is 3. The van der Waals surface area contributed by atoms with Crippen LogP contribution in [0.25, 0.3) is 0 Å². The molecule has 1 aromatic carbocycles. The number of amides is 2. The summed E-state index contributed by atoms with van der Waals surface area (Å²) >= 11 is 3.27. The van der Waals surface area contributed by atoms with Gasteiger partial charge in [0.05, 0.1) is 17.6 Å². The second kappa shape index (κ2) is 6.03. The summed E-state index contributed by atoms with van der Waals surface area (Å²) in [6, 6.07) is 6.59. The minimum absolute atomic E-state index is 0.364. The van der Waals surface area contributed by atoms with Gasteiger partial charge in [0.1, 0.15) is 5.92 Å². The van der Waals surface area contributed by atoms with E-state index in [-0.39, 0.29) is 0 Å². The summed E-state index contributed by atoms with van der Waals surface area (Å²) in [6.45, 7) is 1.66. The van der Waals surface area contributed by atoms with Crippen LogP contribution in [0.15, 0.2) is 40.9 Å². The molecule has 126 valence electrons. The van der Waals surface area contributed by atoms with Crippen LogP contribution in [0.2, 0.25) is 0 Å². The molecule has 4 atom stereocenters. The fourth-order valence-corrected chi connectivity index (χ4v) is 3.41. The Balaban J connectivity index is 1.68. The van der Waals surface area contributed by atoms with E-state index in [0.717, 1.165) is 4.47 Å². The largest absolute Gasteiger partial charge is 0.481 e. The van der Waals surface area contributed by atoms with Crippen molar-refractivity contribution in [1.82, 2.24) is 10.9 Å². The highest BCUT2D eigenvalue weighted by Gasteiger charge is 2.59. The number of halogens is 1. The molecule has 3 rings (SSSR count). The molecule has 8 heteroatoms. The molecular formula is C16H15BrN2O5. The number of benzene rings is 1. The van der Waals surface area contributed by atoms with Crippen molar-refractivity contribution in [2.45, 2.75) is 18.6 Å². The van der Waals surface area contributed by atoms with Crippen molar-refractivity contribution in [2.24, 2.45) is 11.8 Å². The molecule has 0 saturated carbocycles. The van der Waals surface area contributed by atoms with Gasteiger partial charge in [-0.2, -0.15) is 0 Å². The van der Waals surface area contributed by atoms with Gasteiger partial charge in [0.25, 0.3) is 5.91 Å². The molecule has 2 bridgehead atoms. The fourth-order valence-electron chi connectivity index (χ4n) is 3.15. The summed E-state index contributed by atoms with van der Waals surface area (Å²) in [5.74, 6) is -4.10. The summed E-state index contributed by atoms with van der Waals surface area (Å²) < 4.78 is 6.43. The lowest BCUT2D eigenvalue weighted by molar-refractivity contribution is -0.147. The van der Waals surface area contributed by atoms with Crippen LogP contribution in [0.1, 0.15) is 17.3 Å². The van der Waals surface area contributed by atoms with Crippen molar-refractivity contribution < 1.29 is 24.2 Å². The summed E-state index contributed by atoms with van der Waals surface area (Å²) in [6.07, 6.45) is 2.71. The number of ether oxygens (including phenoxy) is 1.